The highest BCUT2D eigenvalue weighted by molar-refractivity contribution is 5.80. The quantitative estimate of drug-likeness (QED) is 0.0632. The van der Waals surface area contributed by atoms with Gasteiger partial charge in [0.15, 0.2) is 6.29 Å². The number of aliphatic hydroxyl groups is 4. The van der Waals surface area contributed by atoms with Crippen molar-refractivity contribution in [2.75, 3.05) is 39.3 Å². The Balaban J connectivity index is 1.98. The van der Waals surface area contributed by atoms with E-state index in [4.69, 9.17) is 42.9 Å². The van der Waals surface area contributed by atoms with Crippen molar-refractivity contribution in [2.24, 2.45) is 28.7 Å². The van der Waals surface area contributed by atoms with Crippen molar-refractivity contribution in [1.82, 2.24) is 10.6 Å². The van der Waals surface area contributed by atoms with E-state index in [0.29, 0.717) is 6.54 Å². The molecule has 0 bridgehead atoms. The molecular formula is C26H55N7O8. The Hall–Kier alpha value is -1.05. The van der Waals surface area contributed by atoms with Crippen LogP contribution in [0.2, 0.25) is 0 Å². The standard InChI is InChI=1S/C26H55N7O8/c27-8-5-3-1-2-4-6-10-32-11-12-39-24-16(33-25(38)17(34)7-9-28)13-15(30)23(22(24)37)41-26-19(31)21(36)20(35)18(14-29)40-26/h15-24,26,32,34-37H,1-14,27-31H2,(H,33,38)/t15?,16-,17+,18?,19?,20+,21-,22+,23+,24?,26+/m1/s1. The maximum atomic E-state index is 12.6. The van der Waals surface area contributed by atoms with E-state index in [1.807, 2.05) is 0 Å². The van der Waals surface area contributed by atoms with Crippen molar-refractivity contribution < 1.29 is 39.4 Å². The molecule has 2 aliphatic rings. The molecule has 0 spiro atoms. The summed E-state index contributed by atoms with van der Waals surface area (Å²) in [6.45, 7) is 2.35. The van der Waals surface area contributed by atoms with Gasteiger partial charge in [-0.05, 0) is 45.3 Å². The Bertz CT molecular complexity index is 727. The number of unbranched alkanes of at least 4 members (excludes halogenated alkanes) is 5. The summed E-state index contributed by atoms with van der Waals surface area (Å²) in [6.07, 6.45) is -2.43. The van der Waals surface area contributed by atoms with E-state index in [1.54, 1.807) is 0 Å². The van der Waals surface area contributed by atoms with Crippen molar-refractivity contribution in [3.63, 3.8) is 0 Å². The van der Waals surface area contributed by atoms with E-state index in [1.165, 1.54) is 12.8 Å². The number of rotatable bonds is 19. The third-order valence-electron chi connectivity index (χ3n) is 7.76. The molecular weight excluding hydrogens is 538 g/mol. The van der Waals surface area contributed by atoms with Gasteiger partial charge < -0.3 is 73.9 Å². The third kappa shape index (κ3) is 11.2. The van der Waals surface area contributed by atoms with E-state index in [2.05, 4.69) is 10.6 Å². The Morgan fingerprint density at radius 2 is 1.59 bits per heavy atom. The van der Waals surface area contributed by atoms with Crippen LogP contribution in [0.1, 0.15) is 51.4 Å². The van der Waals surface area contributed by atoms with Crippen LogP contribution >= 0.6 is 0 Å². The molecule has 0 aromatic carbocycles. The van der Waals surface area contributed by atoms with E-state index >= 15 is 0 Å². The second-order valence-corrected chi connectivity index (χ2v) is 11.0. The number of nitrogens with two attached hydrogens (primary N) is 5. The average Bonchev–Trinajstić information content (AvgIpc) is 2.95. The maximum absolute atomic E-state index is 12.6. The predicted molar refractivity (Wildman–Crippen MR) is 152 cm³/mol. The lowest BCUT2D eigenvalue weighted by molar-refractivity contribution is -0.289. The monoisotopic (exact) mass is 593 g/mol. The molecule has 1 saturated carbocycles. The minimum atomic E-state index is -1.36. The number of carbonyl (C=O) groups excluding carboxylic acids is 1. The normalized spacial score (nSPS) is 34.9. The molecule has 1 aliphatic carbocycles. The fraction of sp³-hybridized carbons (Fsp3) is 0.962. The summed E-state index contributed by atoms with van der Waals surface area (Å²) < 4.78 is 17.7. The highest BCUT2D eigenvalue weighted by Gasteiger charge is 2.49. The molecule has 242 valence electrons. The first-order chi connectivity index (χ1) is 19.7. The second-order valence-electron chi connectivity index (χ2n) is 11.0. The fourth-order valence-electron chi connectivity index (χ4n) is 5.26. The first-order valence-corrected chi connectivity index (χ1v) is 14.9. The number of amides is 1. The van der Waals surface area contributed by atoms with Gasteiger partial charge >= 0.3 is 0 Å². The molecule has 1 aliphatic heterocycles. The Labute approximate surface area is 242 Å². The lowest BCUT2D eigenvalue weighted by atomic mass is 9.83. The second kappa shape index (κ2) is 19.3. The van der Waals surface area contributed by atoms with E-state index < -0.39 is 73.1 Å². The molecule has 15 heteroatoms. The summed E-state index contributed by atoms with van der Waals surface area (Å²) in [6, 6.07) is -2.64. The van der Waals surface area contributed by atoms with Crippen LogP contribution < -0.4 is 39.3 Å². The van der Waals surface area contributed by atoms with E-state index in [-0.39, 0.29) is 32.5 Å². The maximum Gasteiger partial charge on any atom is 0.249 e. The molecule has 0 aromatic rings. The van der Waals surface area contributed by atoms with Gasteiger partial charge in [0.2, 0.25) is 5.91 Å². The smallest absolute Gasteiger partial charge is 0.249 e. The molecule has 0 radical (unpaired) electrons. The first-order valence-electron chi connectivity index (χ1n) is 14.9. The molecule has 41 heavy (non-hydrogen) atoms. The zero-order valence-corrected chi connectivity index (χ0v) is 24.1. The summed E-state index contributed by atoms with van der Waals surface area (Å²) in [5.74, 6) is -0.641. The predicted octanol–water partition coefficient (Wildman–Crippen LogP) is -4.34. The van der Waals surface area contributed by atoms with Crippen LogP contribution in [-0.4, -0.2) is 133 Å². The summed E-state index contributed by atoms with van der Waals surface area (Å²) >= 11 is 0. The highest BCUT2D eigenvalue weighted by Crippen LogP contribution is 2.29. The summed E-state index contributed by atoms with van der Waals surface area (Å²) in [7, 11) is 0. The minimum Gasteiger partial charge on any atom is -0.388 e. The van der Waals surface area contributed by atoms with Gasteiger partial charge in [0, 0.05) is 19.1 Å². The third-order valence-corrected chi connectivity index (χ3v) is 7.76. The molecule has 1 heterocycles. The van der Waals surface area contributed by atoms with Crippen LogP contribution in [0.15, 0.2) is 0 Å². The highest BCUT2D eigenvalue weighted by atomic mass is 16.7. The first kappa shape index (κ1) is 36.1. The zero-order valence-electron chi connectivity index (χ0n) is 24.1. The van der Waals surface area contributed by atoms with Crippen LogP contribution in [0.4, 0.5) is 0 Å². The van der Waals surface area contributed by atoms with Crippen LogP contribution in [0.25, 0.3) is 0 Å². The topological polar surface area (TPSA) is 280 Å². The van der Waals surface area contributed by atoms with Gasteiger partial charge in [0.05, 0.1) is 18.7 Å². The largest absolute Gasteiger partial charge is 0.388 e. The van der Waals surface area contributed by atoms with Crippen molar-refractivity contribution in [3.8, 4) is 0 Å². The lowest BCUT2D eigenvalue weighted by Gasteiger charge is -2.47. The van der Waals surface area contributed by atoms with Gasteiger partial charge in [0.1, 0.15) is 42.7 Å². The molecule has 4 unspecified atom stereocenters. The van der Waals surface area contributed by atoms with Crippen molar-refractivity contribution in [3.05, 3.63) is 0 Å². The van der Waals surface area contributed by atoms with Crippen molar-refractivity contribution in [1.29, 1.82) is 0 Å². The molecule has 1 amide bonds. The molecule has 1 saturated heterocycles. The summed E-state index contributed by atoms with van der Waals surface area (Å²) in [5.41, 5.74) is 29.0. The zero-order chi connectivity index (χ0) is 30.4. The number of aliphatic hydroxyl groups excluding tert-OH is 4. The lowest BCUT2D eigenvalue weighted by Crippen LogP contribution is -2.68. The molecule has 2 rings (SSSR count). The molecule has 16 N–H and O–H groups in total. The van der Waals surface area contributed by atoms with Crippen LogP contribution in [0.5, 0.6) is 0 Å². The van der Waals surface area contributed by atoms with Crippen LogP contribution in [0, 0.1) is 0 Å². The molecule has 0 aromatic heterocycles. The van der Waals surface area contributed by atoms with Crippen molar-refractivity contribution >= 4 is 5.91 Å². The van der Waals surface area contributed by atoms with Crippen LogP contribution in [0.3, 0.4) is 0 Å². The summed E-state index contributed by atoms with van der Waals surface area (Å²) in [5, 5.41) is 47.9. The molecule has 15 nitrogen and oxygen atoms in total. The van der Waals surface area contributed by atoms with Gasteiger partial charge in [-0.15, -0.1) is 0 Å². The van der Waals surface area contributed by atoms with Gasteiger partial charge in [0.25, 0.3) is 0 Å². The average molecular weight is 594 g/mol. The number of carbonyl (C=O) groups is 1. The molecule has 2 fully saturated rings. The number of nitrogens with one attached hydrogen (secondary N) is 2. The Morgan fingerprint density at radius 3 is 2.24 bits per heavy atom. The van der Waals surface area contributed by atoms with Crippen molar-refractivity contribution in [2.45, 2.75) is 119 Å². The van der Waals surface area contributed by atoms with E-state index in [9.17, 15) is 25.2 Å². The number of ether oxygens (including phenoxy) is 3. The fourth-order valence-corrected chi connectivity index (χ4v) is 5.26. The van der Waals surface area contributed by atoms with Gasteiger partial charge in [-0.2, -0.15) is 0 Å². The SMILES string of the molecule is NCCCCCCCCNCCOC1[C@@H](O)[C@@H](O[C@@H]2OC(CN)[C@H](O)[C@H](O)C2N)C(N)C[C@H]1NC(=O)[C@@H](O)CCN. The number of hydrogen-bond acceptors (Lipinski definition) is 14. The minimum absolute atomic E-state index is 0.0781. The summed E-state index contributed by atoms with van der Waals surface area (Å²) in [4.78, 5) is 12.6. The Kier molecular flexibility index (Phi) is 17.0. The number of hydrogen-bond donors (Lipinski definition) is 11. The van der Waals surface area contributed by atoms with Gasteiger partial charge in [-0.1, -0.05) is 25.7 Å². The van der Waals surface area contributed by atoms with Crippen LogP contribution in [-0.2, 0) is 19.0 Å². The van der Waals surface area contributed by atoms with E-state index in [0.717, 1.165) is 38.8 Å². The Morgan fingerprint density at radius 1 is 0.902 bits per heavy atom. The van der Waals surface area contributed by atoms with Gasteiger partial charge in [-0.3, -0.25) is 4.79 Å². The molecule has 11 atom stereocenters. The van der Waals surface area contributed by atoms with Gasteiger partial charge in [-0.25, -0.2) is 0 Å².